The monoisotopic (exact) mass is 162 g/mol. The Morgan fingerprint density at radius 1 is 1.09 bits per heavy atom. The third-order valence-corrected chi connectivity index (χ3v) is 1.61. The molecule has 0 rings (SSSR count). The minimum absolute atomic E-state index is 0.0449. The Balaban J connectivity index is 0. The summed E-state index contributed by atoms with van der Waals surface area (Å²) in [5.74, 6) is 0. The first-order valence-electron chi connectivity index (χ1n) is 4.44. The first-order valence-corrected chi connectivity index (χ1v) is 4.44. The largest absolute Gasteiger partial charge is 0.400 e. The van der Waals surface area contributed by atoms with Crippen LogP contribution in [0.15, 0.2) is 0 Å². The number of rotatable bonds is 5. The molecule has 2 N–H and O–H groups in total. The summed E-state index contributed by atoms with van der Waals surface area (Å²) < 4.78 is 0. The van der Waals surface area contributed by atoms with Gasteiger partial charge < -0.3 is 10.2 Å². The van der Waals surface area contributed by atoms with Gasteiger partial charge in [0.2, 0.25) is 0 Å². The minimum Gasteiger partial charge on any atom is -0.400 e. The van der Waals surface area contributed by atoms with Crippen LogP contribution in [0.3, 0.4) is 0 Å². The van der Waals surface area contributed by atoms with E-state index in [1.807, 2.05) is 6.92 Å². The van der Waals surface area contributed by atoms with Crippen molar-refractivity contribution in [3.05, 3.63) is 0 Å². The van der Waals surface area contributed by atoms with E-state index in [0.29, 0.717) is 0 Å². The first-order chi connectivity index (χ1) is 5.31. The smallest absolute Gasteiger partial charge is 0.0537 e. The van der Waals surface area contributed by atoms with E-state index in [0.717, 1.165) is 20.0 Å². The van der Waals surface area contributed by atoms with Crippen LogP contribution in [0.4, 0.5) is 0 Å². The molecule has 0 saturated carbocycles. The van der Waals surface area contributed by atoms with Crippen LogP contribution in [0.2, 0.25) is 0 Å². The van der Waals surface area contributed by atoms with Crippen LogP contribution in [0.25, 0.3) is 0 Å². The summed E-state index contributed by atoms with van der Waals surface area (Å²) in [7, 11) is 1.00. The highest BCUT2D eigenvalue weighted by Crippen LogP contribution is 2.04. The van der Waals surface area contributed by atoms with E-state index in [1.165, 1.54) is 19.3 Å². The molecule has 2 nitrogen and oxygen atoms in total. The zero-order valence-corrected chi connectivity index (χ0v) is 8.01. The molecule has 0 aliphatic heterocycles. The van der Waals surface area contributed by atoms with Crippen molar-refractivity contribution in [2.75, 3.05) is 7.11 Å². The van der Waals surface area contributed by atoms with Crippen LogP contribution in [0.1, 0.15) is 46.0 Å². The molecule has 0 spiro atoms. The van der Waals surface area contributed by atoms with E-state index >= 15 is 0 Å². The van der Waals surface area contributed by atoms with Gasteiger partial charge in [-0.1, -0.05) is 33.1 Å². The topological polar surface area (TPSA) is 40.5 Å². The molecular formula is C9H22O2. The molecule has 1 atom stereocenters. The lowest BCUT2D eigenvalue weighted by Crippen LogP contribution is -2.02. The average Bonchev–Trinajstić information content (AvgIpc) is 2.08. The van der Waals surface area contributed by atoms with E-state index in [1.54, 1.807) is 0 Å². The number of aliphatic hydroxyl groups is 2. The van der Waals surface area contributed by atoms with Gasteiger partial charge in [0.1, 0.15) is 0 Å². The lowest BCUT2D eigenvalue weighted by atomic mass is 10.1. The zero-order chi connectivity index (χ0) is 9.11. The third kappa shape index (κ3) is 13.0. The van der Waals surface area contributed by atoms with Crippen LogP contribution >= 0.6 is 0 Å². The van der Waals surface area contributed by atoms with Gasteiger partial charge in [-0.25, -0.2) is 0 Å². The van der Waals surface area contributed by atoms with Gasteiger partial charge >= 0.3 is 0 Å². The highest BCUT2D eigenvalue weighted by Gasteiger charge is 1.97. The maximum absolute atomic E-state index is 9.08. The predicted octanol–water partition coefficient (Wildman–Crippen LogP) is 1.95. The van der Waals surface area contributed by atoms with Gasteiger partial charge in [-0.2, -0.15) is 0 Å². The van der Waals surface area contributed by atoms with Crippen molar-refractivity contribution in [3.63, 3.8) is 0 Å². The highest BCUT2D eigenvalue weighted by molar-refractivity contribution is 4.51. The van der Waals surface area contributed by atoms with Crippen LogP contribution in [0, 0.1) is 0 Å². The van der Waals surface area contributed by atoms with Gasteiger partial charge in [-0.15, -0.1) is 0 Å². The van der Waals surface area contributed by atoms with E-state index < -0.39 is 0 Å². The molecule has 0 aromatic carbocycles. The number of aliphatic hydroxyl groups excluding tert-OH is 2. The van der Waals surface area contributed by atoms with E-state index in [4.69, 9.17) is 10.2 Å². The minimum atomic E-state index is -0.0449. The summed E-state index contributed by atoms with van der Waals surface area (Å²) >= 11 is 0. The van der Waals surface area contributed by atoms with Crippen molar-refractivity contribution in [2.45, 2.75) is 52.1 Å². The lowest BCUT2D eigenvalue weighted by molar-refractivity contribution is 0.156. The Bertz CT molecular complexity index is 55.5. The van der Waals surface area contributed by atoms with Gasteiger partial charge in [-0.05, 0) is 12.8 Å². The molecular weight excluding hydrogens is 140 g/mol. The fraction of sp³-hybridized carbons (Fsp3) is 1.00. The molecule has 0 aliphatic rings. The molecule has 0 aromatic heterocycles. The number of hydrogen-bond acceptors (Lipinski definition) is 2. The van der Waals surface area contributed by atoms with Crippen molar-refractivity contribution in [1.29, 1.82) is 0 Å². The summed E-state index contributed by atoms with van der Waals surface area (Å²) in [6.07, 6.45) is 5.55. The van der Waals surface area contributed by atoms with Crippen molar-refractivity contribution < 1.29 is 10.2 Å². The van der Waals surface area contributed by atoms with E-state index in [-0.39, 0.29) is 6.10 Å². The Hall–Kier alpha value is -0.0800. The maximum atomic E-state index is 9.08. The van der Waals surface area contributed by atoms with Gasteiger partial charge in [0.15, 0.2) is 0 Å². The standard InChI is InChI=1S/C8H18O.CH4O/c1-3-5-6-7-8(9)4-2;1-2/h8-9H,3-7H2,1-2H3;2H,1H3. The Labute approximate surface area is 70.3 Å². The molecule has 0 heterocycles. The van der Waals surface area contributed by atoms with Crippen LogP contribution in [-0.2, 0) is 0 Å². The zero-order valence-electron chi connectivity index (χ0n) is 8.01. The van der Waals surface area contributed by atoms with Crippen molar-refractivity contribution in [3.8, 4) is 0 Å². The van der Waals surface area contributed by atoms with Gasteiger partial charge in [0.05, 0.1) is 6.10 Å². The number of hydrogen-bond donors (Lipinski definition) is 2. The molecule has 0 amide bonds. The summed E-state index contributed by atoms with van der Waals surface area (Å²) in [6.45, 7) is 4.20. The van der Waals surface area contributed by atoms with E-state index in [2.05, 4.69) is 6.92 Å². The van der Waals surface area contributed by atoms with Crippen LogP contribution < -0.4 is 0 Å². The second-order valence-electron chi connectivity index (χ2n) is 2.56. The normalized spacial score (nSPS) is 11.7. The molecule has 0 radical (unpaired) electrons. The summed E-state index contributed by atoms with van der Waals surface area (Å²) in [5.41, 5.74) is 0. The molecule has 2 heteroatoms. The molecule has 1 unspecified atom stereocenters. The van der Waals surface area contributed by atoms with Crippen molar-refractivity contribution in [1.82, 2.24) is 0 Å². The van der Waals surface area contributed by atoms with Gasteiger partial charge in [-0.3, -0.25) is 0 Å². The fourth-order valence-electron chi connectivity index (χ4n) is 0.834. The molecule has 70 valence electrons. The van der Waals surface area contributed by atoms with Gasteiger partial charge in [0, 0.05) is 7.11 Å². The summed E-state index contributed by atoms with van der Waals surface area (Å²) in [5, 5.41) is 16.1. The average molecular weight is 162 g/mol. The molecule has 0 fully saturated rings. The molecule has 0 aliphatic carbocycles. The quantitative estimate of drug-likeness (QED) is 0.606. The Morgan fingerprint density at radius 3 is 2.00 bits per heavy atom. The fourth-order valence-corrected chi connectivity index (χ4v) is 0.834. The summed E-state index contributed by atoms with van der Waals surface area (Å²) in [4.78, 5) is 0. The van der Waals surface area contributed by atoms with E-state index in [9.17, 15) is 0 Å². The SMILES string of the molecule is CCCCCC(O)CC.CO. The maximum Gasteiger partial charge on any atom is 0.0537 e. The Morgan fingerprint density at radius 2 is 1.64 bits per heavy atom. The third-order valence-electron chi connectivity index (χ3n) is 1.61. The molecule has 0 saturated heterocycles. The first kappa shape index (κ1) is 13.5. The molecule has 0 bridgehead atoms. The van der Waals surface area contributed by atoms with Gasteiger partial charge in [0.25, 0.3) is 0 Å². The highest BCUT2D eigenvalue weighted by atomic mass is 16.3. The van der Waals surface area contributed by atoms with Crippen molar-refractivity contribution >= 4 is 0 Å². The Kier molecular flexibility index (Phi) is 15.4. The predicted molar refractivity (Wildman–Crippen MR) is 48.6 cm³/mol. The van der Waals surface area contributed by atoms with Crippen LogP contribution in [-0.4, -0.2) is 23.4 Å². The molecule has 11 heavy (non-hydrogen) atoms. The van der Waals surface area contributed by atoms with Crippen molar-refractivity contribution in [2.24, 2.45) is 0 Å². The lowest BCUT2D eigenvalue weighted by Gasteiger charge is -2.04. The van der Waals surface area contributed by atoms with Crippen LogP contribution in [0.5, 0.6) is 0 Å². The second-order valence-corrected chi connectivity index (χ2v) is 2.56. The second kappa shape index (κ2) is 12.6. The number of unbranched alkanes of at least 4 members (excludes halogenated alkanes) is 2. The molecule has 0 aromatic rings. The summed E-state index contributed by atoms with van der Waals surface area (Å²) in [6, 6.07) is 0.